The SMILES string of the molecule is CC(C)(C)OC(=O)NC1CCC(N2CCc3cc(Br)ccc32)CC1. The molecule has 1 amide bonds. The maximum Gasteiger partial charge on any atom is 0.407 e. The molecule has 0 radical (unpaired) electrons. The summed E-state index contributed by atoms with van der Waals surface area (Å²) in [5.41, 5.74) is 2.40. The van der Waals surface area contributed by atoms with Gasteiger partial charge in [-0.2, -0.15) is 0 Å². The summed E-state index contributed by atoms with van der Waals surface area (Å²) in [5, 5.41) is 3.03. The van der Waals surface area contributed by atoms with Crippen LogP contribution in [0.1, 0.15) is 52.0 Å². The highest BCUT2D eigenvalue weighted by Gasteiger charge is 2.31. The minimum Gasteiger partial charge on any atom is -0.444 e. The minimum absolute atomic E-state index is 0.239. The Hall–Kier alpha value is -1.23. The molecule has 1 saturated carbocycles. The molecule has 4 nitrogen and oxygen atoms in total. The number of rotatable bonds is 2. The Balaban J connectivity index is 1.52. The Morgan fingerprint density at radius 3 is 2.62 bits per heavy atom. The normalized spacial score (nSPS) is 23.8. The summed E-state index contributed by atoms with van der Waals surface area (Å²) < 4.78 is 6.52. The van der Waals surface area contributed by atoms with Crippen molar-refractivity contribution in [1.29, 1.82) is 0 Å². The quantitative estimate of drug-likeness (QED) is 0.793. The van der Waals surface area contributed by atoms with Crippen molar-refractivity contribution in [2.45, 2.75) is 70.6 Å². The first kappa shape index (κ1) is 17.6. The number of hydrogen-bond acceptors (Lipinski definition) is 3. The number of amides is 1. The summed E-state index contributed by atoms with van der Waals surface area (Å²) in [6, 6.07) is 7.43. The molecule has 132 valence electrons. The van der Waals surface area contributed by atoms with Crippen LogP contribution in [0.3, 0.4) is 0 Å². The number of ether oxygens (including phenoxy) is 1. The molecule has 24 heavy (non-hydrogen) atoms. The molecule has 1 heterocycles. The van der Waals surface area contributed by atoms with Crippen molar-refractivity contribution in [2.24, 2.45) is 0 Å². The van der Waals surface area contributed by atoms with Gasteiger partial charge in [-0.3, -0.25) is 0 Å². The van der Waals surface area contributed by atoms with Crippen molar-refractivity contribution < 1.29 is 9.53 Å². The zero-order valence-electron chi connectivity index (χ0n) is 14.8. The molecule has 1 fully saturated rings. The van der Waals surface area contributed by atoms with Crippen LogP contribution in [0.4, 0.5) is 10.5 Å². The average Bonchev–Trinajstić information content (AvgIpc) is 2.89. The molecule has 0 saturated heterocycles. The van der Waals surface area contributed by atoms with E-state index in [1.165, 1.54) is 11.3 Å². The predicted molar refractivity (Wildman–Crippen MR) is 101 cm³/mol. The van der Waals surface area contributed by atoms with Crippen LogP contribution in [0.15, 0.2) is 22.7 Å². The molecule has 3 rings (SSSR count). The number of hydrogen-bond donors (Lipinski definition) is 1. The number of anilines is 1. The molecular formula is C19H27BrN2O2. The van der Waals surface area contributed by atoms with Crippen molar-refractivity contribution in [3.63, 3.8) is 0 Å². The zero-order valence-corrected chi connectivity index (χ0v) is 16.4. The summed E-state index contributed by atoms with van der Waals surface area (Å²) in [4.78, 5) is 14.5. The molecule has 1 N–H and O–H groups in total. The zero-order chi connectivity index (χ0) is 17.3. The van der Waals surface area contributed by atoms with Crippen molar-refractivity contribution >= 4 is 27.7 Å². The highest BCUT2D eigenvalue weighted by molar-refractivity contribution is 9.10. The van der Waals surface area contributed by atoms with Crippen molar-refractivity contribution in [3.8, 4) is 0 Å². The van der Waals surface area contributed by atoms with E-state index in [0.29, 0.717) is 6.04 Å². The highest BCUT2D eigenvalue weighted by atomic mass is 79.9. The van der Waals surface area contributed by atoms with Gasteiger partial charge in [-0.05, 0) is 76.6 Å². The largest absolute Gasteiger partial charge is 0.444 e. The van der Waals surface area contributed by atoms with Gasteiger partial charge >= 0.3 is 6.09 Å². The van der Waals surface area contributed by atoms with Crippen molar-refractivity contribution in [1.82, 2.24) is 5.32 Å². The molecule has 0 unspecified atom stereocenters. The van der Waals surface area contributed by atoms with Crippen LogP contribution in [-0.2, 0) is 11.2 Å². The Kier molecular flexibility index (Phi) is 5.09. The smallest absolute Gasteiger partial charge is 0.407 e. The molecule has 1 aliphatic heterocycles. The Labute approximate surface area is 153 Å². The number of benzene rings is 1. The lowest BCUT2D eigenvalue weighted by Gasteiger charge is -2.36. The number of halogens is 1. The third kappa shape index (κ3) is 4.24. The summed E-state index contributed by atoms with van der Waals surface area (Å²) in [5.74, 6) is 0. The number of fused-ring (bicyclic) bond motifs is 1. The number of carbonyl (C=O) groups is 1. The molecule has 5 heteroatoms. The Morgan fingerprint density at radius 1 is 1.25 bits per heavy atom. The van der Waals surface area contributed by atoms with E-state index in [9.17, 15) is 4.79 Å². The maximum absolute atomic E-state index is 11.9. The number of alkyl carbamates (subject to hydrolysis) is 1. The van der Waals surface area contributed by atoms with Gasteiger partial charge in [0.1, 0.15) is 5.60 Å². The summed E-state index contributed by atoms with van der Waals surface area (Å²) in [7, 11) is 0. The lowest BCUT2D eigenvalue weighted by Crippen LogP contribution is -2.45. The maximum atomic E-state index is 11.9. The third-order valence-corrected chi connectivity index (χ3v) is 5.32. The number of nitrogens with zero attached hydrogens (tertiary/aromatic N) is 1. The van der Waals surface area contributed by atoms with E-state index in [4.69, 9.17) is 4.74 Å². The fourth-order valence-corrected chi connectivity index (χ4v) is 4.19. The fourth-order valence-electron chi connectivity index (χ4n) is 3.78. The van der Waals surface area contributed by atoms with E-state index < -0.39 is 5.60 Å². The second-order valence-electron chi connectivity index (χ2n) is 7.87. The van der Waals surface area contributed by atoms with Crippen molar-refractivity contribution in [2.75, 3.05) is 11.4 Å². The van der Waals surface area contributed by atoms with Gasteiger partial charge in [0, 0.05) is 28.8 Å². The third-order valence-electron chi connectivity index (χ3n) is 4.83. The minimum atomic E-state index is -0.436. The van der Waals surface area contributed by atoms with Crippen LogP contribution < -0.4 is 10.2 Å². The van der Waals surface area contributed by atoms with E-state index in [-0.39, 0.29) is 12.1 Å². The lowest BCUT2D eigenvalue weighted by atomic mass is 9.90. The van der Waals surface area contributed by atoms with Gasteiger partial charge in [-0.15, -0.1) is 0 Å². The first-order chi connectivity index (χ1) is 11.3. The highest BCUT2D eigenvalue weighted by Crippen LogP contribution is 2.35. The van der Waals surface area contributed by atoms with Crippen LogP contribution in [0.2, 0.25) is 0 Å². The first-order valence-electron chi connectivity index (χ1n) is 8.86. The molecular weight excluding hydrogens is 368 g/mol. The molecule has 0 bridgehead atoms. The summed E-state index contributed by atoms with van der Waals surface area (Å²) in [6.07, 6.45) is 5.12. The van der Waals surface area contributed by atoms with Gasteiger partial charge in [0.2, 0.25) is 0 Å². The molecule has 0 aromatic heterocycles. The summed E-state index contributed by atoms with van der Waals surface area (Å²) >= 11 is 3.56. The van der Waals surface area contributed by atoms with Gasteiger partial charge in [-0.1, -0.05) is 15.9 Å². The summed E-state index contributed by atoms with van der Waals surface area (Å²) in [6.45, 7) is 6.80. The molecule has 2 aliphatic rings. The van der Waals surface area contributed by atoms with E-state index in [1.807, 2.05) is 20.8 Å². The van der Waals surface area contributed by atoms with Crippen LogP contribution in [0, 0.1) is 0 Å². The van der Waals surface area contributed by atoms with Crippen LogP contribution in [0.5, 0.6) is 0 Å². The number of carbonyl (C=O) groups excluding carboxylic acids is 1. The van der Waals surface area contributed by atoms with E-state index in [0.717, 1.165) is 43.1 Å². The molecule has 1 aromatic rings. The fraction of sp³-hybridized carbons (Fsp3) is 0.632. The first-order valence-corrected chi connectivity index (χ1v) is 9.66. The van der Waals surface area contributed by atoms with Gasteiger partial charge < -0.3 is 15.0 Å². The van der Waals surface area contributed by atoms with Gasteiger partial charge in [0.05, 0.1) is 0 Å². The van der Waals surface area contributed by atoms with Gasteiger partial charge in [0.25, 0.3) is 0 Å². The number of nitrogens with one attached hydrogen (secondary N) is 1. The van der Waals surface area contributed by atoms with Gasteiger partial charge in [-0.25, -0.2) is 4.79 Å². The molecule has 0 spiro atoms. The van der Waals surface area contributed by atoms with Crippen LogP contribution in [-0.4, -0.2) is 30.3 Å². The predicted octanol–water partition coefficient (Wildman–Crippen LogP) is 4.65. The monoisotopic (exact) mass is 394 g/mol. The molecule has 1 aliphatic carbocycles. The second-order valence-corrected chi connectivity index (χ2v) is 8.78. The molecule has 0 atom stereocenters. The Morgan fingerprint density at radius 2 is 1.96 bits per heavy atom. The van der Waals surface area contributed by atoms with Crippen LogP contribution >= 0.6 is 15.9 Å². The Bertz CT molecular complexity index is 604. The second kappa shape index (κ2) is 6.95. The van der Waals surface area contributed by atoms with E-state index in [2.05, 4.69) is 44.3 Å². The van der Waals surface area contributed by atoms with Gasteiger partial charge in [0.15, 0.2) is 0 Å². The molecule has 1 aromatic carbocycles. The van der Waals surface area contributed by atoms with E-state index >= 15 is 0 Å². The van der Waals surface area contributed by atoms with Crippen LogP contribution in [0.25, 0.3) is 0 Å². The average molecular weight is 395 g/mol. The lowest BCUT2D eigenvalue weighted by molar-refractivity contribution is 0.0491. The standard InChI is InChI=1S/C19H27BrN2O2/c1-19(2,3)24-18(23)21-15-5-7-16(8-6-15)22-11-10-13-12-14(20)4-9-17(13)22/h4,9,12,15-16H,5-8,10-11H2,1-3H3,(H,21,23). The topological polar surface area (TPSA) is 41.6 Å². The van der Waals surface area contributed by atoms with Crippen molar-refractivity contribution in [3.05, 3.63) is 28.2 Å². The van der Waals surface area contributed by atoms with E-state index in [1.54, 1.807) is 0 Å².